The van der Waals surface area contributed by atoms with Gasteiger partial charge in [0.25, 0.3) is 0 Å². The van der Waals surface area contributed by atoms with E-state index in [1.807, 2.05) is 19.1 Å². The lowest BCUT2D eigenvalue weighted by Crippen LogP contribution is -2.22. The van der Waals surface area contributed by atoms with Crippen LogP contribution in [0.25, 0.3) is 0 Å². The second-order valence-electron chi connectivity index (χ2n) is 2.69. The number of nitrogens with two attached hydrogens (primary N) is 2. The molecule has 1 rings (SSSR count). The van der Waals surface area contributed by atoms with E-state index in [0.717, 1.165) is 17.0 Å². The molecule has 0 aliphatic heterocycles. The van der Waals surface area contributed by atoms with E-state index in [9.17, 15) is 0 Å². The fourth-order valence-corrected chi connectivity index (χ4v) is 0.976. The van der Waals surface area contributed by atoms with Gasteiger partial charge >= 0.3 is 0 Å². The zero-order valence-corrected chi connectivity index (χ0v) is 7.74. The van der Waals surface area contributed by atoms with Crippen LogP contribution in [-0.2, 0) is 0 Å². The molecular weight excluding hydrogens is 166 g/mol. The fraction of sp³-hybridized carbons (Fsp3) is 0.222. The van der Waals surface area contributed by atoms with Gasteiger partial charge in [-0.2, -0.15) is 0 Å². The SMILES string of the molecule is COc1ccc(C)c(N=C(N)N)c1. The zero-order chi connectivity index (χ0) is 9.84. The third-order valence-corrected chi connectivity index (χ3v) is 1.67. The van der Waals surface area contributed by atoms with Crippen LogP contribution in [0.15, 0.2) is 23.2 Å². The first-order valence-electron chi connectivity index (χ1n) is 3.87. The van der Waals surface area contributed by atoms with Crippen LogP contribution in [0.2, 0.25) is 0 Å². The smallest absolute Gasteiger partial charge is 0.191 e. The summed E-state index contributed by atoms with van der Waals surface area (Å²) in [7, 11) is 1.60. The topological polar surface area (TPSA) is 73.6 Å². The molecule has 0 amide bonds. The monoisotopic (exact) mass is 179 g/mol. The molecule has 0 unspecified atom stereocenters. The van der Waals surface area contributed by atoms with E-state index in [1.165, 1.54) is 0 Å². The number of aryl methyl sites for hydroxylation is 1. The highest BCUT2D eigenvalue weighted by Gasteiger charge is 1.98. The van der Waals surface area contributed by atoms with E-state index in [1.54, 1.807) is 13.2 Å². The Morgan fingerprint density at radius 1 is 1.38 bits per heavy atom. The van der Waals surface area contributed by atoms with Crippen molar-refractivity contribution in [1.82, 2.24) is 0 Å². The summed E-state index contributed by atoms with van der Waals surface area (Å²) in [6.07, 6.45) is 0. The molecule has 0 saturated carbocycles. The second-order valence-corrected chi connectivity index (χ2v) is 2.69. The Morgan fingerprint density at radius 3 is 2.62 bits per heavy atom. The predicted molar refractivity (Wildman–Crippen MR) is 53.2 cm³/mol. The minimum atomic E-state index is 0.0522. The summed E-state index contributed by atoms with van der Waals surface area (Å²) >= 11 is 0. The maximum Gasteiger partial charge on any atom is 0.191 e. The van der Waals surface area contributed by atoms with Crippen LogP contribution in [0.1, 0.15) is 5.56 Å². The number of hydrogen-bond acceptors (Lipinski definition) is 2. The summed E-state index contributed by atoms with van der Waals surface area (Å²) < 4.78 is 5.04. The molecule has 0 fully saturated rings. The van der Waals surface area contributed by atoms with Gasteiger partial charge in [0.2, 0.25) is 0 Å². The van der Waals surface area contributed by atoms with Crippen LogP contribution in [0.4, 0.5) is 5.69 Å². The van der Waals surface area contributed by atoms with Gasteiger partial charge in [0.1, 0.15) is 5.75 Å². The van der Waals surface area contributed by atoms with E-state index in [2.05, 4.69) is 4.99 Å². The summed E-state index contributed by atoms with van der Waals surface area (Å²) in [6.45, 7) is 1.93. The molecule has 0 spiro atoms. The van der Waals surface area contributed by atoms with Crippen LogP contribution in [0.3, 0.4) is 0 Å². The van der Waals surface area contributed by atoms with Gasteiger partial charge in [-0.25, -0.2) is 4.99 Å². The summed E-state index contributed by atoms with van der Waals surface area (Å²) in [5.74, 6) is 0.793. The molecule has 0 saturated heterocycles. The molecule has 0 heterocycles. The average Bonchev–Trinajstić information content (AvgIpc) is 2.08. The van der Waals surface area contributed by atoms with E-state index in [0.29, 0.717) is 0 Å². The van der Waals surface area contributed by atoms with Gasteiger partial charge < -0.3 is 16.2 Å². The summed E-state index contributed by atoms with van der Waals surface area (Å²) in [5.41, 5.74) is 12.3. The largest absolute Gasteiger partial charge is 0.497 e. The highest BCUT2D eigenvalue weighted by atomic mass is 16.5. The highest BCUT2D eigenvalue weighted by Crippen LogP contribution is 2.23. The molecule has 0 bridgehead atoms. The standard InChI is InChI=1S/C9H13N3O/c1-6-3-4-7(13-2)5-8(6)12-9(10)11/h3-5H,1-2H3,(H4,10,11,12). The van der Waals surface area contributed by atoms with Gasteiger partial charge in [-0.15, -0.1) is 0 Å². The number of rotatable bonds is 2. The number of guanidine groups is 1. The van der Waals surface area contributed by atoms with Crippen LogP contribution < -0.4 is 16.2 Å². The molecule has 0 aliphatic rings. The van der Waals surface area contributed by atoms with Gasteiger partial charge in [0, 0.05) is 6.07 Å². The van der Waals surface area contributed by atoms with Gasteiger partial charge in [0.05, 0.1) is 12.8 Å². The first-order valence-corrected chi connectivity index (χ1v) is 3.87. The lowest BCUT2D eigenvalue weighted by Gasteiger charge is -2.03. The van der Waals surface area contributed by atoms with E-state index >= 15 is 0 Å². The Morgan fingerprint density at radius 2 is 2.08 bits per heavy atom. The third-order valence-electron chi connectivity index (χ3n) is 1.67. The van der Waals surface area contributed by atoms with Crippen molar-refractivity contribution in [3.63, 3.8) is 0 Å². The Hall–Kier alpha value is -1.71. The van der Waals surface area contributed by atoms with Crippen LogP contribution in [0.5, 0.6) is 5.75 Å². The zero-order valence-electron chi connectivity index (χ0n) is 7.74. The lowest BCUT2D eigenvalue weighted by atomic mass is 10.2. The van der Waals surface area contributed by atoms with E-state index < -0.39 is 0 Å². The average molecular weight is 179 g/mol. The van der Waals surface area contributed by atoms with E-state index in [-0.39, 0.29) is 5.96 Å². The Labute approximate surface area is 77.2 Å². The quantitative estimate of drug-likeness (QED) is 0.523. The minimum Gasteiger partial charge on any atom is -0.497 e. The van der Waals surface area contributed by atoms with Crippen LogP contribution in [0, 0.1) is 6.92 Å². The second kappa shape index (κ2) is 3.80. The molecule has 4 heteroatoms. The maximum absolute atomic E-state index is 5.27. The number of ether oxygens (including phenoxy) is 1. The molecule has 4 N–H and O–H groups in total. The molecular formula is C9H13N3O. The van der Waals surface area contributed by atoms with Crippen molar-refractivity contribution in [3.05, 3.63) is 23.8 Å². The molecule has 0 atom stereocenters. The fourth-order valence-electron chi connectivity index (χ4n) is 0.976. The van der Waals surface area contributed by atoms with Gasteiger partial charge in [-0.05, 0) is 18.6 Å². The third kappa shape index (κ3) is 2.37. The maximum atomic E-state index is 5.27. The van der Waals surface area contributed by atoms with Crippen molar-refractivity contribution in [3.8, 4) is 5.75 Å². The molecule has 0 aliphatic carbocycles. The van der Waals surface area contributed by atoms with Crippen LogP contribution in [-0.4, -0.2) is 13.1 Å². The molecule has 0 radical (unpaired) electrons. The van der Waals surface area contributed by atoms with E-state index in [4.69, 9.17) is 16.2 Å². The number of methoxy groups -OCH3 is 1. The van der Waals surface area contributed by atoms with Crippen molar-refractivity contribution in [2.75, 3.05) is 7.11 Å². The Kier molecular flexibility index (Phi) is 2.74. The molecule has 70 valence electrons. The number of nitrogens with zero attached hydrogens (tertiary/aromatic N) is 1. The van der Waals surface area contributed by atoms with Crippen molar-refractivity contribution >= 4 is 11.6 Å². The van der Waals surface area contributed by atoms with Crippen molar-refractivity contribution in [2.45, 2.75) is 6.92 Å². The van der Waals surface area contributed by atoms with Crippen LogP contribution >= 0.6 is 0 Å². The summed E-state index contributed by atoms with van der Waals surface area (Å²) in [5, 5.41) is 0. The highest BCUT2D eigenvalue weighted by molar-refractivity contribution is 5.79. The van der Waals surface area contributed by atoms with Gasteiger partial charge in [0.15, 0.2) is 5.96 Å². The number of hydrogen-bond donors (Lipinski definition) is 2. The lowest BCUT2D eigenvalue weighted by molar-refractivity contribution is 0.415. The Balaban J connectivity index is 3.11. The van der Waals surface area contributed by atoms with Crippen molar-refractivity contribution in [2.24, 2.45) is 16.5 Å². The molecule has 1 aromatic rings. The first-order chi connectivity index (χ1) is 6.13. The minimum absolute atomic E-state index is 0.0522. The number of aliphatic imine (C=N–C) groups is 1. The normalized spacial score (nSPS) is 9.38. The molecule has 13 heavy (non-hydrogen) atoms. The summed E-state index contributed by atoms with van der Waals surface area (Å²) in [6, 6.07) is 5.55. The summed E-state index contributed by atoms with van der Waals surface area (Å²) in [4.78, 5) is 3.96. The Bertz CT molecular complexity index is 330. The molecule has 4 nitrogen and oxygen atoms in total. The van der Waals surface area contributed by atoms with Crippen molar-refractivity contribution in [1.29, 1.82) is 0 Å². The predicted octanol–water partition coefficient (Wildman–Crippen LogP) is 0.909. The van der Waals surface area contributed by atoms with Gasteiger partial charge in [-0.3, -0.25) is 0 Å². The molecule has 0 aromatic heterocycles. The van der Waals surface area contributed by atoms with Gasteiger partial charge in [-0.1, -0.05) is 6.07 Å². The molecule has 1 aromatic carbocycles. The van der Waals surface area contributed by atoms with Crippen molar-refractivity contribution < 1.29 is 4.74 Å². The number of benzene rings is 1. The first kappa shape index (κ1) is 9.38.